The third-order valence-electron chi connectivity index (χ3n) is 2.91. The first kappa shape index (κ1) is 15.3. The van der Waals surface area contributed by atoms with Gasteiger partial charge in [-0.3, -0.25) is 0 Å². The van der Waals surface area contributed by atoms with Crippen molar-refractivity contribution in [2.45, 2.75) is 12.8 Å². The molecule has 0 unspecified atom stereocenters. The van der Waals surface area contributed by atoms with Gasteiger partial charge >= 0.3 is 5.97 Å². The van der Waals surface area contributed by atoms with Crippen LogP contribution in [-0.2, 0) is 6.42 Å². The Bertz CT molecular complexity index is 610. The first-order valence-electron chi connectivity index (χ1n) is 6.64. The number of carboxylic acid groups (broad SMARTS) is 1. The maximum absolute atomic E-state index is 10.7. The van der Waals surface area contributed by atoms with E-state index in [0.29, 0.717) is 6.61 Å². The largest absolute Gasteiger partial charge is 0.494 e. The molecule has 0 bridgehead atoms. The van der Waals surface area contributed by atoms with Crippen molar-refractivity contribution in [3.8, 4) is 5.75 Å². The molecule has 1 aromatic carbocycles. The van der Waals surface area contributed by atoms with Gasteiger partial charge in [0.15, 0.2) is 5.69 Å². The number of aromatic carboxylic acids is 1. The molecule has 112 valence electrons. The van der Waals surface area contributed by atoms with Crippen molar-refractivity contribution in [1.29, 1.82) is 0 Å². The number of aryl methyl sites for hydroxylation is 1. The summed E-state index contributed by atoms with van der Waals surface area (Å²) in [5.41, 5.74) is 1.22. The molecule has 0 atom stereocenters. The molecule has 2 aromatic rings. The van der Waals surface area contributed by atoms with Gasteiger partial charge < -0.3 is 14.7 Å². The summed E-state index contributed by atoms with van der Waals surface area (Å²) in [6.45, 7) is 0.582. The predicted octanol–water partition coefficient (Wildman–Crippen LogP) is 2.92. The summed E-state index contributed by atoms with van der Waals surface area (Å²) >= 11 is 1.38. The highest BCUT2D eigenvalue weighted by Gasteiger charge is 2.08. The summed E-state index contributed by atoms with van der Waals surface area (Å²) in [7, 11) is 3.98. The van der Waals surface area contributed by atoms with Crippen LogP contribution in [0.15, 0.2) is 29.6 Å². The normalized spacial score (nSPS) is 10.4. The van der Waals surface area contributed by atoms with Gasteiger partial charge in [0.1, 0.15) is 5.75 Å². The minimum absolute atomic E-state index is 0.120. The highest BCUT2D eigenvalue weighted by molar-refractivity contribution is 7.09. The molecule has 1 heterocycles. The van der Waals surface area contributed by atoms with E-state index in [1.807, 2.05) is 43.3 Å². The van der Waals surface area contributed by atoms with E-state index < -0.39 is 5.97 Å². The van der Waals surface area contributed by atoms with Crippen molar-refractivity contribution in [2.75, 3.05) is 25.6 Å². The summed E-state index contributed by atoms with van der Waals surface area (Å²) in [6, 6.07) is 7.91. The fourth-order valence-electron chi connectivity index (χ4n) is 1.79. The van der Waals surface area contributed by atoms with Crippen LogP contribution in [0.25, 0.3) is 0 Å². The molecule has 1 aromatic heterocycles. The maximum Gasteiger partial charge on any atom is 0.355 e. The van der Waals surface area contributed by atoms with E-state index in [1.54, 1.807) is 5.38 Å². The Balaban J connectivity index is 1.79. The standard InChI is InChI=1S/C15H18N2O3S/c1-17(2)11-5-3-6-12(9-11)20-8-4-7-14-16-13(10-21-14)15(18)19/h3,5-6,9-10H,4,7-8H2,1-2H3,(H,18,19). The lowest BCUT2D eigenvalue weighted by Gasteiger charge is -2.13. The first-order chi connectivity index (χ1) is 10.1. The number of carboxylic acids is 1. The summed E-state index contributed by atoms with van der Waals surface area (Å²) < 4.78 is 5.71. The molecule has 5 nitrogen and oxygen atoms in total. The van der Waals surface area contributed by atoms with Crippen LogP contribution in [0, 0.1) is 0 Å². The van der Waals surface area contributed by atoms with E-state index in [2.05, 4.69) is 4.98 Å². The topological polar surface area (TPSA) is 62.7 Å². The average molecular weight is 306 g/mol. The van der Waals surface area contributed by atoms with Gasteiger partial charge in [-0.25, -0.2) is 9.78 Å². The monoisotopic (exact) mass is 306 g/mol. The molecule has 0 radical (unpaired) electrons. The molecule has 21 heavy (non-hydrogen) atoms. The Morgan fingerprint density at radius 3 is 2.90 bits per heavy atom. The molecule has 0 aliphatic rings. The molecular formula is C15H18N2O3S. The quantitative estimate of drug-likeness (QED) is 0.797. The van der Waals surface area contributed by atoms with Crippen molar-refractivity contribution < 1.29 is 14.6 Å². The van der Waals surface area contributed by atoms with Crippen LogP contribution in [0.4, 0.5) is 5.69 Å². The zero-order valence-electron chi connectivity index (χ0n) is 12.1. The Hall–Kier alpha value is -2.08. The van der Waals surface area contributed by atoms with Gasteiger partial charge in [0, 0.05) is 37.6 Å². The molecule has 0 saturated heterocycles. The first-order valence-corrected chi connectivity index (χ1v) is 7.52. The molecule has 0 spiro atoms. The van der Waals surface area contributed by atoms with Gasteiger partial charge in [0.05, 0.1) is 11.6 Å². The van der Waals surface area contributed by atoms with E-state index >= 15 is 0 Å². The van der Waals surface area contributed by atoms with Gasteiger partial charge in [0.2, 0.25) is 0 Å². The predicted molar refractivity (Wildman–Crippen MR) is 83.7 cm³/mol. The van der Waals surface area contributed by atoms with Crippen LogP contribution in [0.2, 0.25) is 0 Å². The van der Waals surface area contributed by atoms with Crippen LogP contribution in [0.1, 0.15) is 21.9 Å². The SMILES string of the molecule is CN(C)c1cccc(OCCCc2nc(C(=O)O)cs2)c1. The Morgan fingerprint density at radius 1 is 1.43 bits per heavy atom. The fourth-order valence-corrected chi connectivity index (χ4v) is 2.60. The van der Waals surface area contributed by atoms with Gasteiger partial charge in [-0.05, 0) is 18.6 Å². The zero-order valence-corrected chi connectivity index (χ0v) is 12.9. The average Bonchev–Trinajstić information content (AvgIpc) is 2.93. The third kappa shape index (κ3) is 4.46. The number of anilines is 1. The number of aromatic nitrogens is 1. The fraction of sp³-hybridized carbons (Fsp3) is 0.333. The van der Waals surface area contributed by atoms with Crippen LogP contribution < -0.4 is 9.64 Å². The minimum atomic E-state index is -0.978. The second-order valence-electron chi connectivity index (χ2n) is 4.78. The zero-order chi connectivity index (χ0) is 15.2. The number of thiazole rings is 1. The molecule has 2 rings (SSSR count). The summed E-state index contributed by atoms with van der Waals surface area (Å²) in [5, 5.41) is 11.2. The number of nitrogens with zero attached hydrogens (tertiary/aromatic N) is 2. The molecule has 1 N–H and O–H groups in total. The van der Waals surface area contributed by atoms with E-state index in [0.717, 1.165) is 29.3 Å². The van der Waals surface area contributed by atoms with Crippen LogP contribution in [0.5, 0.6) is 5.75 Å². The number of benzene rings is 1. The summed E-state index contributed by atoms with van der Waals surface area (Å²) in [4.78, 5) is 16.8. The van der Waals surface area contributed by atoms with Crippen molar-refractivity contribution in [1.82, 2.24) is 4.98 Å². The molecule has 0 amide bonds. The van der Waals surface area contributed by atoms with Gasteiger partial charge in [-0.1, -0.05) is 6.07 Å². The lowest BCUT2D eigenvalue weighted by molar-refractivity contribution is 0.0691. The second kappa shape index (κ2) is 7.08. The van der Waals surface area contributed by atoms with Crippen molar-refractivity contribution >= 4 is 23.0 Å². The van der Waals surface area contributed by atoms with Gasteiger partial charge in [-0.15, -0.1) is 11.3 Å². The lowest BCUT2D eigenvalue weighted by Crippen LogP contribution is -2.08. The van der Waals surface area contributed by atoms with Crippen molar-refractivity contribution in [3.63, 3.8) is 0 Å². The second-order valence-corrected chi connectivity index (χ2v) is 5.72. The van der Waals surface area contributed by atoms with Crippen LogP contribution in [-0.4, -0.2) is 36.8 Å². The Morgan fingerprint density at radius 2 is 2.24 bits per heavy atom. The van der Waals surface area contributed by atoms with Crippen LogP contribution in [0.3, 0.4) is 0 Å². The number of carbonyl (C=O) groups is 1. The maximum atomic E-state index is 10.7. The van der Waals surface area contributed by atoms with Gasteiger partial charge in [0.25, 0.3) is 0 Å². The number of hydrogen-bond donors (Lipinski definition) is 1. The van der Waals surface area contributed by atoms with E-state index in [9.17, 15) is 4.79 Å². The highest BCUT2D eigenvalue weighted by Crippen LogP contribution is 2.19. The number of hydrogen-bond acceptors (Lipinski definition) is 5. The lowest BCUT2D eigenvalue weighted by atomic mass is 10.3. The molecule has 0 aliphatic heterocycles. The Labute approximate surface area is 127 Å². The third-order valence-corrected chi connectivity index (χ3v) is 3.82. The molecule has 0 aliphatic carbocycles. The smallest absolute Gasteiger partial charge is 0.355 e. The van der Waals surface area contributed by atoms with Crippen LogP contribution >= 0.6 is 11.3 Å². The van der Waals surface area contributed by atoms with Crippen molar-refractivity contribution in [3.05, 3.63) is 40.3 Å². The summed E-state index contributed by atoms with van der Waals surface area (Å²) in [5.74, 6) is -0.138. The molecule has 0 fully saturated rings. The van der Waals surface area contributed by atoms with E-state index in [-0.39, 0.29) is 5.69 Å². The number of ether oxygens (including phenoxy) is 1. The Kier molecular flexibility index (Phi) is 5.16. The molecule has 0 saturated carbocycles. The molecule has 6 heteroatoms. The van der Waals surface area contributed by atoms with E-state index in [4.69, 9.17) is 9.84 Å². The minimum Gasteiger partial charge on any atom is -0.494 e. The molecular weight excluding hydrogens is 288 g/mol. The van der Waals surface area contributed by atoms with E-state index in [1.165, 1.54) is 11.3 Å². The summed E-state index contributed by atoms with van der Waals surface area (Å²) in [6.07, 6.45) is 1.53. The number of rotatable bonds is 7. The van der Waals surface area contributed by atoms with Gasteiger partial charge in [-0.2, -0.15) is 0 Å². The highest BCUT2D eigenvalue weighted by atomic mass is 32.1. The van der Waals surface area contributed by atoms with Crippen molar-refractivity contribution in [2.24, 2.45) is 0 Å².